The zero-order valence-electron chi connectivity index (χ0n) is 9.63. The van der Waals surface area contributed by atoms with E-state index in [1.165, 1.54) is 0 Å². The van der Waals surface area contributed by atoms with Crippen LogP contribution in [0.2, 0.25) is 0 Å². The lowest BCUT2D eigenvalue weighted by atomic mass is 10.0. The number of rotatable bonds is 4. The largest absolute Gasteiger partial charge is 0.252 e. The van der Waals surface area contributed by atoms with Gasteiger partial charge in [0.25, 0.3) is 5.92 Å². The number of benzene rings is 2. The van der Waals surface area contributed by atoms with E-state index in [-0.39, 0.29) is 19.3 Å². The quantitative estimate of drug-likeness (QED) is 0.722. The van der Waals surface area contributed by atoms with Crippen molar-refractivity contribution in [2.75, 3.05) is 0 Å². The Kier molecular flexibility index (Phi) is 3.41. The summed E-state index contributed by atoms with van der Waals surface area (Å²) < 4.78 is 26.9. The molecule has 2 heteroatoms. The van der Waals surface area contributed by atoms with Crippen LogP contribution in [0.3, 0.4) is 0 Å². The van der Waals surface area contributed by atoms with E-state index in [4.69, 9.17) is 0 Å². The molecule has 0 amide bonds. The molecule has 0 fully saturated rings. The zero-order chi connectivity index (χ0) is 12.3. The van der Waals surface area contributed by atoms with Gasteiger partial charge in [0.1, 0.15) is 0 Å². The van der Waals surface area contributed by atoms with E-state index in [1.54, 1.807) is 6.07 Å². The van der Waals surface area contributed by atoms with Crippen molar-refractivity contribution < 1.29 is 8.78 Å². The topological polar surface area (TPSA) is 0 Å². The van der Waals surface area contributed by atoms with Gasteiger partial charge in [0.15, 0.2) is 0 Å². The highest BCUT2D eigenvalue weighted by Gasteiger charge is 2.27. The lowest BCUT2D eigenvalue weighted by Gasteiger charge is -2.15. The summed E-state index contributed by atoms with van der Waals surface area (Å²) >= 11 is 0. The maximum absolute atomic E-state index is 13.5. The van der Waals surface area contributed by atoms with Gasteiger partial charge in [0.05, 0.1) is 0 Å². The second-order valence-electron chi connectivity index (χ2n) is 4.32. The number of hydrogen-bond acceptors (Lipinski definition) is 0. The van der Waals surface area contributed by atoms with Crippen molar-refractivity contribution in [1.29, 1.82) is 0 Å². The van der Waals surface area contributed by atoms with Gasteiger partial charge in [0, 0.05) is 12.8 Å². The predicted molar refractivity (Wildman–Crippen MR) is 67.2 cm³/mol. The van der Waals surface area contributed by atoms with Crippen LogP contribution in [0.4, 0.5) is 8.78 Å². The van der Waals surface area contributed by atoms with Crippen LogP contribution in [-0.4, -0.2) is 5.92 Å². The predicted octanol–water partition coefficient (Wildman–Crippen LogP) is 4.63. The van der Waals surface area contributed by atoms with E-state index in [9.17, 15) is 8.78 Å². The van der Waals surface area contributed by atoms with Gasteiger partial charge in [-0.1, -0.05) is 49.4 Å². The molecule has 0 bridgehead atoms. The van der Waals surface area contributed by atoms with Gasteiger partial charge in [0.2, 0.25) is 0 Å². The third kappa shape index (κ3) is 3.02. The van der Waals surface area contributed by atoms with Crippen LogP contribution in [0.15, 0.2) is 42.5 Å². The molecule has 0 N–H and O–H groups in total. The Morgan fingerprint density at radius 1 is 1.00 bits per heavy atom. The molecule has 0 aliphatic rings. The monoisotopic (exact) mass is 233 g/mol. The highest BCUT2D eigenvalue weighted by molar-refractivity contribution is 5.82. The molecule has 0 saturated heterocycles. The third-order valence-corrected chi connectivity index (χ3v) is 2.82. The number of alkyl halides is 2. The summed E-state index contributed by atoms with van der Waals surface area (Å²) in [6, 6.07) is 13.3. The minimum absolute atomic E-state index is 0.153. The summed E-state index contributed by atoms with van der Waals surface area (Å²) in [6.07, 6.45) is -0.0895. The fraction of sp³-hybridized carbons (Fsp3) is 0.267. The Hall–Kier alpha value is -1.44. The van der Waals surface area contributed by atoms with E-state index >= 15 is 0 Å². The Morgan fingerprint density at radius 2 is 1.71 bits per heavy atom. The fourth-order valence-electron chi connectivity index (χ4n) is 1.99. The standard InChI is InChI=1S/C15H15F2/c1-2-9-15(16,17)11-12-7-8-13-5-3-4-6-14(13)10-12/h3-8,10H,1-2,9,11H2. The number of halogens is 2. The van der Waals surface area contributed by atoms with Gasteiger partial charge in [-0.3, -0.25) is 0 Å². The molecule has 0 heterocycles. The minimum atomic E-state index is -2.65. The van der Waals surface area contributed by atoms with Crippen molar-refractivity contribution in [3.8, 4) is 0 Å². The molecule has 0 atom stereocenters. The van der Waals surface area contributed by atoms with Crippen LogP contribution in [0.1, 0.15) is 18.4 Å². The minimum Gasteiger partial charge on any atom is -0.207 e. The molecule has 2 aromatic carbocycles. The van der Waals surface area contributed by atoms with E-state index in [1.807, 2.05) is 36.4 Å². The molecule has 17 heavy (non-hydrogen) atoms. The number of hydrogen-bond donors (Lipinski definition) is 0. The maximum atomic E-state index is 13.5. The van der Waals surface area contributed by atoms with Crippen molar-refractivity contribution >= 4 is 10.8 Å². The summed E-state index contributed by atoms with van der Waals surface area (Å²) in [7, 11) is 0. The van der Waals surface area contributed by atoms with Crippen LogP contribution in [0, 0.1) is 6.92 Å². The first-order valence-electron chi connectivity index (χ1n) is 5.75. The normalized spacial score (nSPS) is 11.9. The molecule has 0 spiro atoms. The van der Waals surface area contributed by atoms with Crippen LogP contribution in [-0.2, 0) is 6.42 Å². The molecule has 0 aromatic heterocycles. The van der Waals surface area contributed by atoms with Crippen molar-refractivity contribution in [2.45, 2.75) is 25.2 Å². The summed E-state index contributed by atoms with van der Waals surface area (Å²) in [6.45, 7) is 3.48. The Bertz CT molecular complexity index is 503. The Balaban J connectivity index is 2.25. The molecular weight excluding hydrogens is 218 g/mol. The summed E-state index contributed by atoms with van der Waals surface area (Å²) in [5, 5.41) is 2.09. The first-order chi connectivity index (χ1) is 8.11. The van der Waals surface area contributed by atoms with Gasteiger partial charge in [-0.25, -0.2) is 8.78 Å². The lowest BCUT2D eigenvalue weighted by molar-refractivity contribution is -0.00623. The van der Waals surface area contributed by atoms with Crippen molar-refractivity contribution in [2.24, 2.45) is 0 Å². The van der Waals surface area contributed by atoms with Gasteiger partial charge in [-0.15, -0.1) is 0 Å². The summed E-state index contributed by atoms with van der Waals surface area (Å²) in [5.41, 5.74) is 0.683. The number of fused-ring (bicyclic) bond motifs is 1. The van der Waals surface area contributed by atoms with Gasteiger partial charge in [-0.2, -0.15) is 0 Å². The van der Waals surface area contributed by atoms with Gasteiger partial charge >= 0.3 is 0 Å². The van der Waals surface area contributed by atoms with Crippen molar-refractivity contribution in [3.63, 3.8) is 0 Å². The fourth-order valence-corrected chi connectivity index (χ4v) is 1.99. The average Bonchev–Trinajstić information content (AvgIpc) is 2.28. The van der Waals surface area contributed by atoms with Crippen LogP contribution in [0.25, 0.3) is 10.8 Å². The molecule has 0 unspecified atom stereocenters. The molecule has 0 aliphatic carbocycles. The first-order valence-corrected chi connectivity index (χ1v) is 5.75. The molecule has 89 valence electrons. The molecule has 0 aliphatic heterocycles. The first kappa shape index (κ1) is 12.0. The van der Waals surface area contributed by atoms with E-state index in [0.29, 0.717) is 5.56 Å². The van der Waals surface area contributed by atoms with Crippen molar-refractivity contribution in [3.05, 3.63) is 55.0 Å². The van der Waals surface area contributed by atoms with Crippen LogP contribution in [0.5, 0.6) is 0 Å². The average molecular weight is 233 g/mol. The second kappa shape index (κ2) is 4.82. The third-order valence-electron chi connectivity index (χ3n) is 2.82. The van der Waals surface area contributed by atoms with Gasteiger partial charge in [-0.05, 0) is 22.8 Å². The smallest absolute Gasteiger partial charge is 0.207 e. The van der Waals surface area contributed by atoms with E-state index in [2.05, 4.69) is 6.92 Å². The molecule has 1 radical (unpaired) electrons. The molecule has 0 nitrogen and oxygen atoms in total. The maximum Gasteiger partial charge on any atom is 0.252 e. The molecular formula is C15H15F2. The van der Waals surface area contributed by atoms with E-state index in [0.717, 1.165) is 10.8 Å². The molecule has 2 rings (SSSR count). The summed E-state index contributed by atoms with van der Waals surface area (Å²) in [4.78, 5) is 0. The highest BCUT2D eigenvalue weighted by atomic mass is 19.3. The Morgan fingerprint density at radius 3 is 2.41 bits per heavy atom. The molecule has 2 aromatic rings. The van der Waals surface area contributed by atoms with Crippen molar-refractivity contribution in [1.82, 2.24) is 0 Å². The highest BCUT2D eigenvalue weighted by Crippen LogP contribution is 2.26. The lowest BCUT2D eigenvalue weighted by Crippen LogP contribution is -2.18. The van der Waals surface area contributed by atoms with Crippen LogP contribution < -0.4 is 0 Å². The molecule has 0 saturated carbocycles. The van der Waals surface area contributed by atoms with Crippen LogP contribution >= 0.6 is 0 Å². The second-order valence-corrected chi connectivity index (χ2v) is 4.32. The van der Waals surface area contributed by atoms with Gasteiger partial charge < -0.3 is 0 Å². The summed E-state index contributed by atoms with van der Waals surface area (Å²) in [5.74, 6) is -2.65. The van der Waals surface area contributed by atoms with E-state index < -0.39 is 5.92 Å². The Labute approximate surface area is 100 Å². The zero-order valence-corrected chi connectivity index (χ0v) is 9.63. The SMILES string of the molecule is [CH2]CCC(F)(F)Cc1ccc2ccccc2c1.